The van der Waals surface area contributed by atoms with Crippen molar-refractivity contribution in [1.82, 2.24) is 4.90 Å². The number of para-hydroxylation sites is 2. The number of hydrogen-bond acceptors (Lipinski definition) is 4. The van der Waals surface area contributed by atoms with E-state index in [0.29, 0.717) is 0 Å². The van der Waals surface area contributed by atoms with Crippen LogP contribution in [0.2, 0.25) is 0 Å². The zero-order chi connectivity index (χ0) is 15.5. The summed E-state index contributed by atoms with van der Waals surface area (Å²) in [6, 6.07) is 9.50. The van der Waals surface area contributed by atoms with Gasteiger partial charge in [-0.15, -0.1) is 11.3 Å². The van der Waals surface area contributed by atoms with Crippen molar-refractivity contribution in [2.75, 3.05) is 19.0 Å². The topological polar surface area (TPSA) is 41.6 Å². The van der Waals surface area contributed by atoms with E-state index in [1.165, 1.54) is 10.4 Å². The van der Waals surface area contributed by atoms with E-state index in [1.807, 2.05) is 36.1 Å². The zero-order valence-electron chi connectivity index (χ0n) is 12.8. The smallest absolute Gasteiger partial charge is 0.245 e. The van der Waals surface area contributed by atoms with Crippen molar-refractivity contribution in [2.45, 2.75) is 25.9 Å². The number of amides is 1. The van der Waals surface area contributed by atoms with Gasteiger partial charge in [0, 0.05) is 18.0 Å². The molecule has 4 nitrogen and oxygen atoms in total. The minimum absolute atomic E-state index is 0.128. The number of ether oxygens (including phenoxy) is 1. The number of fused-ring (bicyclic) bond motifs is 1. The highest BCUT2D eigenvalue weighted by molar-refractivity contribution is 7.10. The monoisotopic (exact) mass is 316 g/mol. The Balaban J connectivity index is 1.68. The van der Waals surface area contributed by atoms with Gasteiger partial charge >= 0.3 is 0 Å². The lowest BCUT2D eigenvalue weighted by Crippen LogP contribution is -2.43. The zero-order valence-corrected chi connectivity index (χ0v) is 13.7. The molecule has 1 atom stereocenters. The molecule has 0 saturated carbocycles. The molecule has 0 spiro atoms. The summed E-state index contributed by atoms with van der Waals surface area (Å²) in [5.74, 6) is 0.878. The maximum Gasteiger partial charge on any atom is 0.245 e. The van der Waals surface area contributed by atoms with Gasteiger partial charge in [-0.25, -0.2) is 0 Å². The van der Waals surface area contributed by atoms with Gasteiger partial charge in [0.25, 0.3) is 0 Å². The predicted molar refractivity (Wildman–Crippen MR) is 89.5 cm³/mol. The summed E-state index contributed by atoms with van der Waals surface area (Å²) >= 11 is 1.78. The molecule has 116 valence electrons. The molecule has 1 aromatic carbocycles. The number of carbonyl (C=O) groups is 1. The van der Waals surface area contributed by atoms with E-state index < -0.39 is 0 Å². The standard InChI is InChI=1S/C17H20N2O2S/c1-12(18-14-5-3-4-6-15(14)21-2)17(20)19-9-7-16-13(11-19)8-10-22-16/h3-6,8,10,12,18H,7,9,11H2,1-2H3/t12-/m0/s1. The lowest BCUT2D eigenvalue weighted by Gasteiger charge is -2.30. The third kappa shape index (κ3) is 2.95. The van der Waals surface area contributed by atoms with Crippen LogP contribution < -0.4 is 10.1 Å². The van der Waals surface area contributed by atoms with Crippen molar-refractivity contribution >= 4 is 22.9 Å². The molecule has 0 bridgehead atoms. The van der Waals surface area contributed by atoms with Crippen molar-refractivity contribution in [3.63, 3.8) is 0 Å². The molecular formula is C17H20N2O2S. The van der Waals surface area contributed by atoms with Gasteiger partial charge in [0.15, 0.2) is 0 Å². The lowest BCUT2D eigenvalue weighted by molar-refractivity contribution is -0.132. The van der Waals surface area contributed by atoms with Gasteiger partial charge in [-0.05, 0) is 42.5 Å². The quantitative estimate of drug-likeness (QED) is 0.942. The summed E-state index contributed by atoms with van der Waals surface area (Å²) in [6.07, 6.45) is 0.958. The first-order chi connectivity index (χ1) is 10.7. The van der Waals surface area contributed by atoms with E-state index >= 15 is 0 Å². The van der Waals surface area contributed by atoms with Gasteiger partial charge in [-0.2, -0.15) is 0 Å². The second-order valence-corrected chi connectivity index (χ2v) is 6.45. The molecule has 0 radical (unpaired) electrons. The van der Waals surface area contributed by atoms with Crippen LogP contribution in [0, 0.1) is 0 Å². The van der Waals surface area contributed by atoms with E-state index in [-0.39, 0.29) is 11.9 Å². The van der Waals surface area contributed by atoms with Crippen LogP contribution in [-0.2, 0) is 17.8 Å². The van der Waals surface area contributed by atoms with Crippen LogP contribution in [0.15, 0.2) is 35.7 Å². The van der Waals surface area contributed by atoms with Gasteiger partial charge in [0.1, 0.15) is 11.8 Å². The first-order valence-electron chi connectivity index (χ1n) is 7.42. The molecule has 1 N–H and O–H groups in total. The summed E-state index contributed by atoms with van der Waals surface area (Å²) in [7, 11) is 1.63. The van der Waals surface area contributed by atoms with Gasteiger partial charge in [0.05, 0.1) is 12.8 Å². The van der Waals surface area contributed by atoms with E-state index in [2.05, 4.69) is 16.8 Å². The fourth-order valence-electron chi connectivity index (χ4n) is 2.77. The summed E-state index contributed by atoms with van der Waals surface area (Å²) < 4.78 is 5.32. The number of thiophene rings is 1. The van der Waals surface area contributed by atoms with Gasteiger partial charge in [-0.3, -0.25) is 4.79 Å². The molecule has 0 fully saturated rings. The number of hydrogen-bond donors (Lipinski definition) is 1. The lowest BCUT2D eigenvalue weighted by atomic mass is 10.1. The van der Waals surface area contributed by atoms with Crippen molar-refractivity contribution < 1.29 is 9.53 Å². The highest BCUT2D eigenvalue weighted by atomic mass is 32.1. The Labute approximate surface area is 134 Å². The van der Waals surface area contributed by atoms with Crippen molar-refractivity contribution in [1.29, 1.82) is 0 Å². The average molecular weight is 316 g/mol. The molecule has 1 aromatic heterocycles. The number of nitrogens with zero attached hydrogens (tertiary/aromatic N) is 1. The van der Waals surface area contributed by atoms with Crippen LogP contribution in [0.3, 0.4) is 0 Å². The maximum absolute atomic E-state index is 12.7. The normalized spacial score (nSPS) is 15.1. The molecule has 1 amide bonds. The fraction of sp³-hybridized carbons (Fsp3) is 0.353. The number of benzene rings is 1. The number of anilines is 1. The number of rotatable bonds is 4. The SMILES string of the molecule is COc1ccccc1N[C@@H](C)C(=O)N1CCc2sccc2C1. The minimum atomic E-state index is -0.281. The van der Waals surface area contributed by atoms with Gasteiger partial charge in [0.2, 0.25) is 5.91 Å². The predicted octanol–water partition coefficient (Wildman–Crippen LogP) is 3.14. The van der Waals surface area contributed by atoms with Crippen LogP contribution in [-0.4, -0.2) is 30.5 Å². The van der Waals surface area contributed by atoms with E-state index in [4.69, 9.17) is 4.74 Å². The molecular weight excluding hydrogens is 296 g/mol. The van der Waals surface area contributed by atoms with Crippen LogP contribution in [0.1, 0.15) is 17.4 Å². The molecule has 2 aromatic rings. The first-order valence-corrected chi connectivity index (χ1v) is 8.30. The van der Waals surface area contributed by atoms with Crippen LogP contribution in [0.5, 0.6) is 5.75 Å². The van der Waals surface area contributed by atoms with E-state index in [0.717, 1.165) is 30.9 Å². The maximum atomic E-state index is 12.7. The molecule has 2 heterocycles. The largest absolute Gasteiger partial charge is 0.495 e. The Morgan fingerprint density at radius 1 is 1.36 bits per heavy atom. The summed E-state index contributed by atoms with van der Waals surface area (Å²) in [5, 5.41) is 5.37. The minimum Gasteiger partial charge on any atom is -0.495 e. The van der Waals surface area contributed by atoms with Crippen molar-refractivity contribution in [3.8, 4) is 5.75 Å². The van der Waals surface area contributed by atoms with Gasteiger partial charge < -0.3 is 15.0 Å². The molecule has 3 rings (SSSR count). The first kappa shape index (κ1) is 14.9. The molecule has 22 heavy (non-hydrogen) atoms. The number of methoxy groups -OCH3 is 1. The molecule has 0 aliphatic carbocycles. The average Bonchev–Trinajstić information content (AvgIpc) is 3.02. The Morgan fingerprint density at radius 2 is 2.18 bits per heavy atom. The number of carbonyl (C=O) groups excluding carboxylic acids is 1. The Kier molecular flexibility index (Phi) is 4.34. The van der Waals surface area contributed by atoms with Gasteiger partial charge in [-0.1, -0.05) is 12.1 Å². The third-order valence-corrected chi connectivity index (χ3v) is 4.99. The summed E-state index contributed by atoms with van der Waals surface area (Å²) in [6.45, 7) is 3.41. The summed E-state index contributed by atoms with van der Waals surface area (Å²) in [5.41, 5.74) is 2.13. The Hall–Kier alpha value is -2.01. The fourth-order valence-corrected chi connectivity index (χ4v) is 3.66. The van der Waals surface area contributed by atoms with Crippen molar-refractivity contribution in [3.05, 3.63) is 46.2 Å². The van der Waals surface area contributed by atoms with Crippen LogP contribution in [0.4, 0.5) is 5.69 Å². The second-order valence-electron chi connectivity index (χ2n) is 5.45. The third-order valence-electron chi connectivity index (χ3n) is 3.97. The Morgan fingerprint density at radius 3 is 3.00 bits per heavy atom. The highest BCUT2D eigenvalue weighted by Gasteiger charge is 2.25. The van der Waals surface area contributed by atoms with Crippen molar-refractivity contribution in [2.24, 2.45) is 0 Å². The molecule has 0 unspecified atom stereocenters. The molecule has 1 aliphatic heterocycles. The second kappa shape index (κ2) is 6.40. The van der Waals surface area contributed by atoms with Crippen LogP contribution >= 0.6 is 11.3 Å². The molecule has 0 saturated heterocycles. The molecule has 1 aliphatic rings. The van der Waals surface area contributed by atoms with Crippen LogP contribution in [0.25, 0.3) is 0 Å². The van der Waals surface area contributed by atoms with E-state index in [1.54, 1.807) is 18.4 Å². The number of nitrogens with one attached hydrogen (secondary N) is 1. The molecule has 5 heteroatoms. The highest BCUT2D eigenvalue weighted by Crippen LogP contribution is 2.26. The Bertz CT molecular complexity index is 668. The summed E-state index contributed by atoms with van der Waals surface area (Å²) in [4.78, 5) is 16.0. The van der Waals surface area contributed by atoms with E-state index in [9.17, 15) is 4.79 Å².